The summed E-state index contributed by atoms with van der Waals surface area (Å²) in [5.74, 6) is 0.710. The molecule has 92 valence electrons. The zero-order valence-electron chi connectivity index (χ0n) is 9.73. The number of ether oxygens (including phenoxy) is 1. The molecule has 2 aromatic rings. The van der Waals surface area contributed by atoms with Crippen LogP contribution in [-0.2, 0) is 0 Å². The molecule has 0 aliphatic carbocycles. The van der Waals surface area contributed by atoms with Gasteiger partial charge in [-0.25, -0.2) is 0 Å². The maximum atomic E-state index is 5.96. The van der Waals surface area contributed by atoms with E-state index in [1.165, 1.54) is 0 Å². The summed E-state index contributed by atoms with van der Waals surface area (Å²) in [6.07, 6.45) is 1.82. The first-order valence-corrected chi connectivity index (χ1v) is 6.78. The van der Waals surface area contributed by atoms with Gasteiger partial charge < -0.3 is 4.74 Å². The molecule has 0 aliphatic heterocycles. The number of halogens is 2. The normalized spacial score (nSPS) is 10.8. The predicted molar refractivity (Wildman–Crippen MR) is 84.4 cm³/mol. The Kier molecular flexibility index (Phi) is 4.60. The van der Waals surface area contributed by atoms with Gasteiger partial charge in [-0.3, -0.25) is 4.99 Å². The van der Waals surface area contributed by atoms with Crippen LogP contribution in [0.4, 0.5) is 5.69 Å². The second kappa shape index (κ2) is 6.20. The number of benzene rings is 2. The summed E-state index contributed by atoms with van der Waals surface area (Å²) < 4.78 is 6.40. The van der Waals surface area contributed by atoms with Gasteiger partial charge in [0, 0.05) is 20.4 Å². The van der Waals surface area contributed by atoms with Crippen molar-refractivity contribution in [3.63, 3.8) is 0 Å². The van der Waals surface area contributed by atoms with E-state index in [9.17, 15) is 0 Å². The lowest BCUT2D eigenvalue weighted by Gasteiger charge is -2.04. The molecule has 0 heterocycles. The molecule has 2 rings (SSSR count). The van der Waals surface area contributed by atoms with Crippen molar-refractivity contribution in [1.82, 2.24) is 0 Å². The molecule has 0 N–H and O–H groups in total. The summed E-state index contributed by atoms with van der Waals surface area (Å²) in [5, 5.41) is 0.644. The van der Waals surface area contributed by atoms with E-state index in [4.69, 9.17) is 16.3 Å². The summed E-state index contributed by atoms with van der Waals surface area (Å²) >= 11 is 8.24. The first-order valence-electron chi connectivity index (χ1n) is 5.33. The molecule has 0 aromatic heterocycles. The van der Waals surface area contributed by atoms with Crippen molar-refractivity contribution >= 4 is 46.1 Å². The summed E-state index contributed by atoms with van der Waals surface area (Å²) in [4.78, 5) is 4.43. The van der Waals surface area contributed by atoms with Crippen LogP contribution in [0.1, 0.15) is 5.56 Å². The largest absolute Gasteiger partial charge is 0.494 e. The molecule has 0 atom stereocenters. The van der Waals surface area contributed by atoms with Crippen molar-refractivity contribution in [2.45, 2.75) is 0 Å². The lowest BCUT2D eigenvalue weighted by Crippen LogP contribution is -1.87. The number of hydrogen-bond acceptors (Lipinski definition) is 2. The van der Waals surface area contributed by atoms with Crippen molar-refractivity contribution in [3.05, 3.63) is 56.6 Å². The molecule has 18 heavy (non-hydrogen) atoms. The first kappa shape index (κ1) is 13.4. The molecular weight excluding hydrogens is 361 g/mol. The lowest BCUT2D eigenvalue weighted by atomic mass is 10.2. The fourth-order valence-electron chi connectivity index (χ4n) is 1.48. The van der Waals surface area contributed by atoms with Gasteiger partial charge in [-0.05, 0) is 46.9 Å². The maximum Gasteiger partial charge on any atom is 0.144 e. The second-order valence-corrected chi connectivity index (χ2v) is 5.19. The predicted octanol–water partition coefficient (Wildman–Crippen LogP) is 4.70. The van der Waals surface area contributed by atoms with Gasteiger partial charge in [-0.1, -0.05) is 29.8 Å². The third kappa shape index (κ3) is 3.23. The molecule has 0 fully saturated rings. The molecule has 0 spiro atoms. The molecule has 4 heteroatoms. The van der Waals surface area contributed by atoms with Gasteiger partial charge in [0.2, 0.25) is 0 Å². The molecule has 0 saturated heterocycles. The molecule has 0 unspecified atom stereocenters. The van der Waals surface area contributed by atoms with Crippen molar-refractivity contribution < 1.29 is 4.74 Å². The Morgan fingerprint density at radius 3 is 2.72 bits per heavy atom. The number of hydrogen-bond donors (Lipinski definition) is 0. The SMILES string of the molecule is COc1ccc(Cl)cc1N=Cc1ccccc1I. The van der Waals surface area contributed by atoms with Crippen molar-refractivity contribution in [2.24, 2.45) is 4.99 Å². The van der Waals surface area contributed by atoms with Crippen LogP contribution in [0.5, 0.6) is 5.75 Å². The zero-order valence-corrected chi connectivity index (χ0v) is 12.6. The van der Waals surface area contributed by atoms with E-state index >= 15 is 0 Å². The van der Waals surface area contributed by atoms with Crippen LogP contribution in [0.25, 0.3) is 0 Å². The van der Waals surface area contributed by atoms with Gasteiger partial charge >= 0.3 is 0 Å². The molecule has 0 saturated carbocycles. The summed E-state index contributed by atoms with van der Waals surface area (Å²) in [7, 11) is 1.62. The fraction of sp³-hybridized carbons (Fsp3) is 0.0714. The summed E-state index contributed by atoms with van der Waals surface area (Å²) in [6, 6.07) is 13.4. The van der Waals surface area contributed by atoms with Crippen LogP contribution >= 0.6 is 34.2 Å². The number of methoxy groups -OCH3 is 1. The maximum absolute atomic E-state index is 5.96. The van der Waals surface area contributed by atoms with E-state index in [1.54, 1.807) is 19.2 Å². The van der Waals surface area contributed by atoms with E-state index in [0.29, 0.717) is 10.8 Å². The molecular formula is C14H11ClINO. The molecule has 2 aromatic carbocycles. The molecule has 0 aliphatic rings. The Morgan fingerprint density at radius 2 is 2.00 bits per heavy atom. The second-order valence-electron chi connectivity index (χ2n) is 3.60. The Morgan fingerprint density at radius 1 is 1.22 bits per heavy atom. The van der Waals surface area contributed by atoms with E-state index < -0.39 is 0 Å². The Bertz CT molecular complexity index is 584. The Labute approximate surface area is 125 Å². The van der Waals surface area contributed by atoms with E-state index in [0.717, 1.165) is 14.8 Å². The lowest BCUT2D eigenvalue weighted by molar-refractivity contribution is 0.416. The van der Waals surface area contributed by atoms with Crippen LogP contribution < -0.4 is 4.74 Å². The topological polar surface area (TPSA) is 21.6 Å². The average molecular weight is 372 g/mol. The van der Waals surface area contributed by atoms with E-state index in [-0.39, 0.29) is 0 Å². The van der Waals surface area contributed by atoms with Crippen LogP contribution in [0.15, 0.2) is 47.5 Å². The van der Waals surface area contributed by atoms with Gasteiger partial charge in [0.15, 0.2) is 0 Å². The van der Waals surface area contributed by atoms with Crippen LogP contribution in [0, 0.1) is 3.57 Å². The highest BCUT2D eigenvalue weighted by atomic mass is 127. The minimum Gasteiger partial charge on any atom is -0.494 e. The first-order chi connectivity index (χ1) is 8.70. The van der Waals surface area contributed by atoms with Gasteiger partial charge in [0.1, 0.15) is 11.4 Å². The number of nitrogens with zero attached hydrogens (tertiary/aromatic N) is 1. The Hall–Kier alpha value is -1.07. The minimum absolute atomic E-state index is 0.644. The monoisotopic (exact) mass is 371 g/mol. The zero-order chi connectivity index (χ0) is 13.0. The van der Waals surface area contributed by atoms with Crippen molar-refractivity contribution in [1.29, 1.82) is 0 Å². The summed E-state index contributed by atoms with van der Waals surface area (Å²) in [6.45, 7) is 0. The minimum atomic E-state index is 0.644. The Balaban J connectivity index is 2.34. The van der Waals surface area contributed by atoms with Crippen molar-refractivity contribution in [2.75, 3.05) is 7.11 Å². The highest BCUT2D eigenvalue weighted by Crippen LogP contribution is 2.30. The van der Waals surface area contributed by atoms with Gasteiger partial charge in [-0.15, -0.1) is 0 Å². The van der Waals surface area contributed by atoms with Gasteiger partial charge in [0.25, 0.3) is 0 Å². The van der Waals surface area contributed by atoms with Crippen LogP contribution in [0.3, 0.4) is 0 Å². The van der Waals surface area contributed by atoms with Gasteiger partial charge in [0.05, 0.1) is 7.11 Å². The van der Waals surface area contributed by atoms with Crippen LogP contribution in [-0.4, -0.2) is 13.3 Å². The van der Waals surface area contributed by atoms with E-state index in [1.807, 2.05) is 36.5 Å². The van der Waals surface area contributed by atoms with Crippen LogP contribution in [0.2, 0.25) is 5.02 Å². The molecule has 0 bridgehead atoms. The quantitative estimate of drug-likeness (QED) is 0.566. The standard InChI is InChI=1S/C14H11ClINO/c1-18-14-7-6-11(15)8-13(14)17-9-10-4-2-3-5-12(10)16/h2-9H,1H3. The summed E-state index contributed by atoms with van der Waals surface area (Å²) in [5.41, 5.74) is 1.80. The third-order valence-corrected chi connectivity index (χ3v) is 3.61. The molecule has 0 radical (unpaired) electrons. The molecule has 2 nitrogen and oxygen atoms in total. The average Bonchev–Trinajstić information content (AvgIpc) is 2.38. The van der Waals surface area contributed by atoms with Crippen molar-refractivity contribution in [3.8, 4) is 5.75 Å². The smallest absolute Gasteiger partial charge is 0.144 e. The highest BCUT2D eigenvalue weighted by molar-refractivity contribution is 14.1. The highest BCUT2D eigenvalue weighted by Gasteiger charge is 2.02. The van der Waals surface area contributed by atoms with Gasteiger partial charge in [-0.2, -0.15) is 0 Å². The van der Waals surface area contributed by atoms with E-state index in [2.05, 4.69) is 27.6 Å². The third-order valence-electron chi connectivity index (χ3n) is 2.39. The molecule has 0 amide bonds. The fourth-order valence-corrected chi connectivity index (χ4v) is 2.18. The number of rotatable bonds is 3. The number of aliphatic imine (C=N–C) groups is 1.